The summed E-state index contributed by atoms with van der Waals surface area (Å²) >= 11 is 1.85. The Morgan fingerprint density at radius 3 is 1.54 bits per heavy atom. The molecule has 0 saturated heterocycles. The second-order valence-corrected chi connectivity index (χ2v) is 20.8. The van der Waals surface area contributed by atoms with Crippen LogP contribution in [0.15, 0.2) is 265 Å². The molecular weight excluding hydrogens is 919 g/mol. The van der Waals surface area contributed by atoms with E-state index < -0.39 is 0 Å². The lowest BCUT2D eigenvalue weighted by Gasteiger charge is -2.28. The lowest BCUT2D eigenvalue weighted by Crippen LogP contribution is -2.16. The van der Waals surface area contributed by atoms with Crippen molar-refractivity contribution in [3.8, 4) is 22.3 Å². The maximum atomic E-state index is 6.90. The van der Waals surface area contributed by atoms with Crippen LogP contribution in [-0.2, 0) is 5.41 Å². The van der Waals surface area contributed by atoms with Gasteiger partial charge in [-0.15, -0.1) is 11.3 Å². The summed E-state index contributed by atoms with van der Waals surface area (Å²) in [5.74, 6) is 0. The monoisotopic (exact) mass is 967 g/mol. The largest absolute Gasteiger partial charge is 0.454 e. The van der Waals surface area contributed by atoms with Gasteiger partial charge in [0.1, 0.15) is 5.58 Å². The molecule has 0 saturated carbocycles. The minimum Gasteiger partial charge on any atom is -0.454 e. The van der Waals surface area contributed by atoms with Crippen molar-refractivity contribution >= 4 is 105 Å². The molecule has 2 heterocycles. The van der Waals surface area contributed by atoms with Gasteiger partial charge in [-0.2, -0.15) is 0 Å². The van der Waals surface area contributed by atoms with Gasteiger partial charge in [0, 0.05) is 81.9 Å². The molecule has 0 unspecified atom stereocenters. The van der Waals surface area contributed by atoms with Crippen LogP contribution < -0.4 is 14.7 Å². The lowest BCUT2D eigenvalue weighted by atomic mass is 9.82. The Labute approximate surface area is 434 Å². The number of fused-ring (bicyclic) bond motifs is 9. The second kappa shape index (κ2) is 17.6. The maximum Gasteiger partial charge on any atom is 0.159 e. The number of anilines is 9. The summed E-state index contributed by atoms with van der Waals surface area (Å²) in [7, 11) is 0. The third kappa shape index (κ3) is 7.27. The van der Waals surface area contributed by atoms with Crippen molar-refractivity contribution in [2.24, 2.45) is 0 Å². The molecule has 0 N–H and O–H groups in total. The zero-order valence-electron chi connectivity index (χ0n) is 41.0. The summed E-state index contributed by atoms with van der Waals surface area (Å²) in [6.07, 6.45) is 0. The van der Waals surface area contributed by atoms with Crippen molar-refractivity contribution in [2.45, 2.75) is 19.3 Å². The second-order valence-electron chi connectivity index (χ2n) is 19.7. The van der Waals surface area contributed by atoms with E-state index in [4.69, 9.17) is 4.42 Å². The number of thiophene rings is 1. The van der Waals surface area contributed by atoms with Crippen LogP contribution in [-0.4, -0.2) is 0 Å². The molecule has 2 aromatic heterocycles. The highest BCUT2D eigenvalue weighted by Gasteiger charge is 2.36. The lowest BCUT2D eigenvalue weighted by molar-refractivity contribution is 0.660. The predicted octanol–water partition coefficient (Wildman–Crippen LogP) is 20.3. The number of furan rings is 1. The first-order chi connectivity index (χ1) is 36.4. The van der Waals surface area contributed by atoms with Gasteiger partial charge in [-0.25, -0.2) is 0 Å². The summed E-state index contributed by atoms with van der Waals surface area (Å²) in [6, 6.07) is 94.3. The Morgan fingerprint density at radius 1 is 0.324 bits per heavy atom. The zero-order valence-corrected chi connectivity index (χ0v) is 41.8. The smallest absolute Gasteiger partial charge is 0.159 e. The van der Waals surface area contributed by atoms with Gasteiger partial charge in [-0.3, -0.25) is 0 Å². The van der Waals surface area contributed by atoms with Crippen molar-refractivity contribution in [3.05, 3.63) is 272 Å². The molecule has 0 amide bonds. The van der Waals surface area contributed by atoms with Crippen molar-refractivity contribution in [2.75, 3.05) is 14.7 Å². The predicted molar refractivity (Wildman–Crippen MR) is 314 cm³/mol. The van der Waals surface area contributed by atoms with E-state index in [2.05, 4.69) is 289 Å². The van der Waals surface area contributed by atoms with Crippen LogP contribution >= 0.6 is 11.3 Å². The molecular formula is C69H49N3OS. The first-order valence-electron chi connectivity index (χ1n) is 25.3. The molecule has 74 heavy (non-hydrogen) atoms. The summed E-state index contributed by atoms with van der Waals surface area (Å²) in [4.78, 5) is 7.08. The molecule has 352 valence electrons. The van der Waals surface area contributed by atoms with Crippen LogP contribution in [0.2, 0.25) is 0 Å². The van der Waals surface area contributed by atoms with Crippen LogP contribution in [0.5, 0.6) is 0 Å². The van der Waals surface area contributed by atoms with E-state index in [1.807, 2.05) is 11.3 Å². The van der Waals surface area contributed by atoms with Gasteiger partial charge >= 0.3 is 0 Å². The summed E-state index contributed by atoms with van der Waals surface area (Å²) in [5, 5.41) is 4.59. The normalized spacial score (nSPS) is 12.6. The molecule has 13 aromatic rings. The van der Waals surface area contributed by atoms with Crippen molar-refractivity contribution in [1.29, 1.82) is 0 Å². The molecule has 1 aliphatic carbocycles. The van der Waals surface area contributed by atoms with Gasteiger partial charge in [0.05, 0.1) is 5.69 Å². The van der Waals surface area contributed by atoms with E-state index in [0.29, 0.717) is 0 Å². The van der Waals surface area contributed by atoms with Crippen LogP contribution in [0.3, 0.4) is 0 Å². The van der Waals surface area contributed by atoms with Crippen LogP contribution in [0, 0.1) is 0 Å². The summed E-state index contributed by atoms with van der Waals surface area (Å²) in [6.45, 7) is 4.71. The first-order valence-corrected chi connectivity index (χ1v) is 26.1. The van der Waals surface area contributed by atoms with E-state index in [9.17, 15) is 0 Å². The Balaban J connectivity index is 0.854. The number of para-hydroxylation sites is 4. The third-order valence-corrected chi connectivity index (χ3v) is 16.1. The fraction of sp³-hybridized carbons (Fsp3) is 0.0435. The molecule has 0 fully saturated rings. The molecule has 5 heteroatoms. The molecule has 11 aromatic carbocycles. The van der Waals surface area contributed by atoms with Crippen molar-refractivity contribution < 1.29 is 4.42 Å². The zero-order chi connectivity index (χ0) is 49.3. The highest BCUT2D eigenvalue weighted by molar-refractivity contribution is 7.25. The highest BCUT2D eigenvalue weighted by atomic mass is 32.1. The Hall–Kier alpha value is -9.16. The fourth-order valence-corrected chi connectivity index (χ4v) is 12.6. The quantitative estimate of drug-likeness (QED) is 0.136. The summed E-state index contributed by atoms with van der Waals surface area (Å²) < 4.78 is 9.40. The molecule has 0 radical (unpaired) electrons. The molecule has 0 atom stereocenters. The van der Waals surface area contributed by atoms with Gasteiger partial charge in [-0.1, -0.05) is 159 Å². The number of nitrogens with zero attached hydrogens (tertiary/aromatic N) is 3. The van der Waals surface area contributed by atoms with E-state index >= 15 is 0 Å². The number of benzene rings is 11. The Morgan fingerprint density at radius 2 is 0.838 bits per heavy atom. The van der Waals surface area contributed by atoms with Gasteiger partial charge in [0.2, 0.25) is 0 Å². The van der Waals surface area contributed by atoms with Gasteiger partial charge in [-0.05, 0) is 149 Å². The van der Waals surface area contributed by atoms with Crippen LogP contribution in [0.4, 0.5) is 51.2 Å². The van der Waals surface area contributed by atoms with Gasteiger partial charge < -0.3 is 19.1 Å². The Kier molecular flexibility index (Phi) is 10.3. The van der Waals surface area contributed by atoms with Gasteiger partial charge in [0.25, 0.3) is 0 Å². The minimum atomic E-state index is -0.103. The van der Waals surface area contributed by atoms with E-state index in [1.165, 1.54) is 53.6 Å². The highest BCUT2D eigenvalue weighted by Crippen LogP contribution is 2.52. The summed E-state index contributed by atoms with van der Waals surface area (Å²) in [5.41, 5.74) is 19.0. The molecule has 4 nitrogen and oxygen atoms in total. The third-order valence-electron chi connectivity index (χ3n) is 15.0. The fourth-order valence-electron chi connectivity index (χ4n) is 11.4. The number of hydrogen-bond acceptors (Lipinski definition) is 5. The van der Waals surface area contributed by atoms with Crippen LogP contribution in [0.1, 0.15) is 25.0 Å². The van der Waals surface area contributed by atoms with E-state index in [-0.39, 0.29) is 5.41 Å². The average Bonchev–Trinajstić information content (AvgIpc) is 4.12. The SMILES string of the molecule is CC1(C)c2ccccc2-c2ccc(N(c3ccccc3)c3ccc4c(c3)sc3ccc(N(c5ccccc5)c5ccc6oc7c(N(c8ccccc8)c8ccc(-c9ccccc9)cc8)cccc7c6c5)cc34)cc21. The van der Waals surface area contributed by atoms with Crippen molar-refractivity contribution in [1.82, 2.24) is 0 Å². The number of rotatable bonds is 10. The number of hydrogen-bond donors (Lipinski definition) is 0. The van der Waals surface area contributed by atoms with E-state index in [1.54, 1.807) is 0 Å². The molecule has 0 bridgehead atoms. The first kappa shape index (κ1) is 43.6. The Bertz CT molecular complexity index is 4220. The molecule has 1 aliphatic rings. The van der Waals surface area contributed by atoms with Crippen LogP contribution in [0.25, 0.3) is 64.4 Å². The van der Waals surface area contributed by atoms with Crippen molar-refractivity contribution in [3.63, 3.8) is 0 Å². The van der Waals surface area contributed by atoms with Gasteiger partial charge in [0.15, 0.2) is 5.58 Å². The van der Waals surface area contributed by atoms with E-state index in [0.717, 1.165) is 73.1 Å². The molecule has 0 spiro atoms. The molecule has 14 rings (SSSR count). The minimum absolute atomic E-state index is 0.103. The average molecular weight is 968 g/mol. The standard InChI is InChI=1S/C69H49N3OS/c1-69(2)62-28-16-15-26-56(62)57-38-34-54(44-63(57)69)71(49-22-11-5-12-23-49)55-35-39-58-61-43-53(37-41-66(61)74-67(58)45-55)70(48-20-9-4-10-21-48)52-36-40-65-60(42-52)59-27-17-29-64(68(59)73-65)72(50-24-13-6-14-25-50)51-32-30-47(31-33-51)46-18-7-3-8-19-46/h3-45H,1-2H3. The maximum absolute atomic E-state index is 6.90. The topological polar surface area (TPSA) is 22.9 Å². The molecule has 0 aliphatic heterocycles.